The van der Waals surface area contributed by atoms with Gasteiger partial charge in [0.05, 0.1) is 15.8 Å². The number of benzene rings is 2. The van der Waals surface area contributed by atoms with Crippen molar-refractivity contribution in [2.75, 3.05) is 10.5 Å². The fraction of sp³-hybridized carbons (Fsp3) is 0.0769. The third-order valence-electron chi connectivity index (χ3n) is 2.64. The molecule has 0 spiro atoms. The van der Waals surface area contributed by atoms with Crippen LogP contribution >= 0.6 is 31.9 Å². The molecule has 0 aliphatic rings. The van der Waals surface area contributed by atoms with Crippen LogP contribution in [0.5, 0.6) is 0 Å². The molecule has 112 valence electrons. The highest BCUT2D eigenvalue weighted by Gasteiger charge is 2.20. The Labute approximate surface area is 138 Å². The summed E-state index contributed by atoms with van der Waals surface area (Å²) in [7, 11) is -3.91. The number of halogens is 3. The molecule has 2 rings (SSSR count). The molecule has 0 unspecified atom stereocenters. The highest BCUT2D eigenvalue weighted by molar-refractivity contribution is 9.10. The van der Waals surface area contributed by atoms with Crippen molar-refractivity contribution in [1.29, 1.82) is 0 Å². The lowest BCUT2D eigenvalue weighted by atomic mass is 10.2. The third-order valence-corrected chi connectivity index (χ3v) is 5.14. The van der Waals surface area contributed by atoms with E-state index in [4.69, 9.17) is 5.73 Å². The second-order valence-corrected chi connectivity index (χ2v) is 7.85. The quantitative estimate of drug-likeness (QED) is 0.711. The van der Waals surface area contributed by atoms with Gasteiger partial charge in [0.25, 0.3) is 10.0 Å². The summed E-state index contributed by atoms with van der Waals surface area (Å²) in [6.07, 6.45) is 0. The summed E-state index contributed by atoms with van der Waals surface area (Å²) >= 11 is 6.25. The minimum Gasteiger partial charge on any atom is -0.398 e. The number of nitrogen functional groups attached to an aromatic ring is 1. The predicted octanol–water partition coefficient (Wildman–Crippen LogP) is 4.04. The van der Waals surface area contributed by atoms with Crippen molar-refractivity contribution in [2.24, 2.45) is 0 Å². The van der Waals surface area contributed by atoms with Gasteiger partial charge in [-0.1, -0.05) is 15.9 Å². The molecule has 2 aromatic carbocycles. The zero-order valence-electron chi connectivity index (χ0n) is 10.8. The van der Waals surface area contributed by atoms with Crippen LogP contribution in [0.15, 0.2) is 44.2 Å². The van der Waals surface area contributed by atoms with Crippen molar-refractivity contribution in [3.05, 3.63) is 50.7 Å². The van der Waals surface area contributed by atoms with Crippen LogP contribution in [0.3, 0.4) is 0 Å². The molecule has 0 saturated carbocycles. The Morgan fingerprint density at radius 2 is 1.81 bits per heavy atom. The highest BCUT2D eigenvalue weighted by atomic mass is 79.9. The van der Waals surface area contributed by atoms with Gasteiger partial charge in [0.15, 0.2) is 0 Å². The first kappa shape index (κ1) is 16.3. The Kier molecular flexibility index (Phi) is 4.60. The number of anilines is 2. The second-order valence-electron chi connectivity index (χ2n) is 4.43. The van der Waals surface area contributed by atoms with Crippen molar-refractivity contribution < 1.29 is 12.8 Å². The molecule has 0 amide bonds. The fourth-order valence-electron chi connectivity index (χ4n) is 1.78. The number of hydrogen-bond acceptors (Lipinski definition) is 3. The lowest BCUT2D eigenvalue weighted by molar-refractivity contribution is 0.599. The molecule has 8 heteroatoms. The molecule has 0 aliphatic heterocycles. The van der Waals surface area contributed by atoms with Gasteiger partial charge >= 0.3 is 0 Å². The van der Waals surface area contributed by atoms with Crippen LogP contribution in [0.1, 0.15) is 5.56 Å². The lowest BCUT2D eigenvalue weighted by Crippen LogP contribution is -2.15. The molecule has 0 aromatic heterocycles. The van der Waals surface area contributed by atoms with E-state index in [1.54, 1.807) is 12.1 Å². The van der Waals surface area contributed by atoms with Crippen molar-refractivity contribution in [3.63, 3.8) is 0 Å². The smallest absolute Gasteiger partial charge is 0.263 e. The van der Waals surface area contributed by atoms with Gasteiger partial charge in [-0.2, -0.15) is 0 Å². The van der Waals surface area contributed by atoms with Crippen LogP contribution in [0, 0.1) is 12.7 Å². The van der Waals surface area contributed by atoms with Crippen LogP contribution < -0.4 is 10.5 Å². The van der Waals surface area contributed by atoms with Gasteiger partial charge < -0.3 is 5.73 Å². The van der Waals surface area contributed by atoms with Crippen LogP contribution in [0.2, 0.25) is 0 Å². The SMILES string of the molecule is Cc1cc(Br)cc(NS(=O)(=O)c2cc(Br)c(F)cc2N)c1. The second kappa shape index (κ2) is 5.94. The van der Waals surface area contributed by atoms with Crippen molar-refractivity contribution in [2.45, 2.75) is 11.8 Å². The fourth-order valence-corrected chi connectivity index (χ4v) is 4.07. The summed E-state index contributed by atoms with van der Waals surface area (Å²) in [5.74, 6) is -0.621. The van der Waals surface area contributed by atoms with Gasteiger partial charge in [0.1, 0.15) is 10.7 Å². The Morgan fingerprint density at radius 3 is 2.43 bits per heavy atom. The van der Waals surface area contributed by atoms with Crippen LogP contribution in [-0.4, -0.2) is 8.42 Å². The third kappa shape index (κ3) is 3.75. The summed E-state index contributed by atoms with van der Waals surface area (Å²) in [6, 6.07) is 7.25. The average molecular weight is 438 g/mol. The van der Waals surface area contributed by atoms with E-state index in [2.05, 4.69) is 36.6 Å². The summed E-state index contributed by atoms with van der Waals surface area (Å²) in [5.41, 5.74) is 6.72. The molecule has 0 saturated heterocycles. The zero-order chi connectivity index (χ0) is 15.8. The number of nitrogens with two attached hydrogens (primary N) is 1. The van der Waals surface area contributed by atoms with Gasteiger partial charge in [-0.15, -0.1) is 0 Å². The van der Waals surface area contributed by atoms with E-state index in [0.717, 1.165) is 22.2 Å². The Balaban J connectivity index is 2.45. The summed E-state index contributed by atoms with van der Waals surface area (Å²) in [6.45, 7) is 1.84. The van der Waals surface area contributed by atoms with Crippen LogP contribution in [-0.2, 0) is 10.0 Å². The normalized spacial score (nSPS) is 11.4. The molecular formula is C13H11Br2FN2O2S. The summed E-state index contributed by atoms with van der Waals surface area (Å²) < 4.78 is 41.2. The van der Waals surface area contributed by atoms with E-state index in [1.165, 1.54) is 0 Å². The van der Waals surface area contributed by atoms with E-state index in [9.17, 15) is 12.8 Å². The van der Waals surface area contributed by atoms with E-state index < -0.39 is 15.8 Å². The van der Waals surface area contributed by atoms with E-state index in [1.807, 2.05) is 13.0 Å². The summed E-state index contributed by atoms with van der Waals surface area (Å²) in [5, 5.41) is 0. The zero-order valence-corrected chi connectivity index (χ0v) is 14.8. The molecule has 0 radical (unpaired) electrons. The molecule has 0 fully saturated rings. The maximum Gasteiger partial charge on any atom is 0.263 e. The maximum absolute atomic E-state index is 13.3. The molecule has 21 heavy (non-hydrogen) atoms. The number of nitrogens with one attached hydrogen (secondary N) is 1. The maximum atomic E-state index is 13.3. The van der Waals surface area contributed by atoms with Crippen LogP contribution in [0.4, 0.5) is 15.8 Å². The van der Waals surface area contributed by atoms with Gasteiger partial charge in [-0.05, 0) is 58.7 Å². The number of hydrogen-bond donors (Lipinski definition) is 2. The Morgan fingerprint density at radius 1 is 1.14 bits per heavy atom. The van der Waals surface area contributed by atoms with Gasteiger partial charge in [0, 0.05) is 4.47 Å². The van der Waals surface area contributed by atoms with E-state index >= 15 is 0 Å². The Hall–Kier alpha value is -1.12. The number of aryl methyl sites for hydroxylation is 1. The topological polar surface area (TPSA) is 72.2 Å². The number of sulfonamides is 1. The molecule has 0 heterocycles. The first-order valence-electron chi connectivity index (χ1n) is 5.73. The molecule has 0 bridgehead atoms. The van der Waals surface area contributed by atoms with E-state index in [-0.39, 0.29) is 15.1 Å². The minimum atomic E-state index is -3.91. The summed E-state index contributed by atoms with van der Waals surface area (Å²) in [4.78, 5) is -0.187. The largest absolute Gasteiger partial charge is 0.398 e. The van der Waals surface area contributed by atoms with E-state index in [0.29, 0.717) is 5.69 Å². The minimum absolute atomic E-state index is 0.0301. The van der Waals surface area contributed by atoms with Crippen molar-refractivity contribution in [3.8, 4) is 0 Å². The molecule has 3 N–H and O–H groups in total. The van der Waals surface area contributed by atoms with Gasteiger partial charge in [-0.25, -0.2) is 12.8 Å². The first-order chi connectivity index (χ1) is 9.69. The predicted molar refractivity (Wildman–Crippen MR) is 88.2 cm³/mol. The molecule has 4 nitrogen and oxygen atoms in total. The van der Waals surface area contributed by atoms with Crippen molar-refractivity contribution >= 4 is 53.3 Å². The molecule has 0 atom stereocenters. The van der Waals surface area contributed by atoms with Gasteiger partial charge in [0.2, 0.25) is 0 Å². The lowest BCUT2D eigenvalue weighted by Gasteiger charge is -2.12. The van der Waals surface area contributed by atoms with Crippen molar-refractivity contribution in [1.82, 2.24) is 0 Å². The number of rotatable bonds is 3. The highest BCUT2D eigenvalue weighted by Crippen LogP contribution is 2.28. The first-order valence-corrected chi connectivity index (χ1v) is 8.80. The average Bonchev–Trinajstić information content (AvgIpc) is 2.31. The molecule has 2 aromatic rings. The molecular weight excluding hydrogens is 427 g/mol. The Bertz CT molecular complexity index is 790. The van der Waals surface area contributed by atoms with Crippen LogP contribution in [0.25, 0.3) is 0 Å². The molecule has 0 aliphatic carbocycles. The standard InChI is InChI=1S/C13H11Br2FN2O2S/c1-7-2-8(14)4-9(3-7)18-21(19,20)13-5-10(15)11(16)6-12(13)17/h2-6,18H,17H2,1H3. The van der Waals surface area contributed by atoms with Gasteiger partial charge in [-0.3, -0.25) is 4.72 Å². The monoisotopic (exact) mass is 436 g/mol.